The number of allylic oxidation sites excluding steroid dienone is 1. The van der Waals surface area contributed by atoms with Crippen molar-refractivity contribution in [1.29, 1.82) is 0 Å². The molecule has 4 rings (SSSR count). The molecule has 0 spiro atoms. The van der Waals surface area contributed by atoms with Gasteiger partial charge in [-0.15, -0.1) is 0 Å². The van der Waals surface area contributed by atoms with Crippen molar-refractivity contribution in [2.24, 2.45) is 22.7 Å². The van der Waals surface area contributed by atoms with Gasteiger partial charge in [-0.2, -0.15) is 0 Å². The first-order valence-electron chi connectivity index (χ1n) is 9.95. The summed E-state index contributed by atoms with van der Waals surface area (Å²) < 4.78 is 0. The molecule has 26 heavy (non-hydrogen) atoms. The summed E-state index contributed by atoms with van der Waals surface area (Å²) in [6, 6.07) is 0. The maximum atomic E-state index is 12.4. The van der Waals surface area contributed by atoms with Gasteiger partial charge in [0.25, 0.3) is 0 Å². The van der Waals surface area contributed by atoms with Gasteiger partial charge >= 0.3 is 0 Å². The van der Waals surface area contributed by atoms with E-state index in [4.69, 9.17) is 0 Å². The number of Topliss-reactive ketones (excluding diaryl/α,β-unsaturated/α-hetero) is 1. The number of hydrogen-bond acceptors (Lipinski definition) is 5. The van der Waals surface area contributed by atoms with Crippen LogP contribution >= 0.6 is 0 Å². The topological polar surface area (TPSA) is 94.8 Å². The second-order valence-corrected chi connectivity index (χ2v) is 9.54. The normalized spacial score (nSPS) is 50.5. The highest BCUT2D eigenvalue weighted by atomic mass is 16.3. The van der Waals surface area contributed by atoms with Crippen LogP contribution < -0.4 is 0 Å². The number of aliphatic hydroxyl groups is 3. The Morgan fingerprint density at radius 3 is 2.50 bits per heavy atom. The molecule has 0 heterocycles. The highest BCUT2D eigenvalue weighted by Gasteiger charge is 2.72. The lowest BCUT2D eigenvalue weighted by atomic mass is 9.44. The third-order valence-electron chi connectivity index (χ3n) is 8.90. The lowest BCUT2D eigenvalue weighted by Crippen LogP contribution is -2.66. The highest BCUT2D eigenvalue weighted by Crippen LogP contribution is 2.69. The first-order chi connectivity index (χ1) is 12.1. The van der Waals surface area contributed by atoms with E-state index in [1.165, 1.54) is 5.57 Å². The molecule has 4 aliphatic carbocycles. The van der Waals surface area contributed by atoms with E-state index in [2.05, 4.69) is 6.92 Å². The molecule has 6 atom stereocenters. The van der Waals surface area contributed by atoms with Gasteiger partial charge in [0.2, 0.25) is 0 Å². The lowest BCUT2D eigenvalue weighted by molar-refractivity contribution is -0.217. The van der Waals surface area contributed by atoms with Crippen LogP contribution in [0.15, 0.2) is 11.6 Å². The zero-order valence-corrected chi connectivity index (χ0v) is 15.8. The van der Waals surface area contributed by atoms with Crippen molar-refractivity contribution in [2.45, 2.75) is 76.4 Å². The van der Waals surface area contributed by atoms with Crippen LogP contribution in [0.3, 0.4) is 0 Å². The van der Waals surface area contributed by atoms with E-state index in [0.29, 0.717) is 19.3 Å². The minimum Gasteiger partial charge on any atom is -0.389 e. The fourth-order valence-corrected chi connectivity index (χ4v) is 7.12. The Hall–Kier alpha value is -1.04. The molecule has 3 N–H and O–H groups in total. The zero-order chi connectivity index (χ0) is 19.0. The van der Waals surface area contributed by atoms with Crippen LogP contribution in [0.4, 0.5) is 0 Å². The molecular weight excluding hydrogens is 332 g/mol. The molecule has 3 fully saturated rings. The number of carbonyl (C=O) groups excluding carboxylic acids is 2. The quantitative estimate of drug-likeness (QED) is 0.698. The SMILES string of the molecule is C[C@]12CC[C@@H]3[C@H](CCC4=CC(=O)CC[C@]43C)[C@]1(O)CC[C@@]2(O)C(=O)CO. The summed E-state index contributed by atoms with van der Waals surface area (Å²) in [5, 5.41) is 32.4. The van der Waals surface area contributed by atoms with Crippen LogP contribution in [-0.2, 0) is 9.59 Å². The monoisotopic (exact) mass is 362 g/mol. The average Bonchev–Trinajstić information content (AvgIpc) is 2.84. The molecule has 0 radical (unpaired) electrons. The smallest absolute Gasteiger partial charge is 0.190 e. The fourth-order valence-electron chi connectivity index (χ4n) is 7.12. The Balaban J connectivity index is 1.75. The predicted octanol–water partition coefficient (Wildman–Crippen LogP) is 1.93. The molecule has 0 aromatic rings. The van der Waals surface area contributed by atoms with E-state index < -0.39 is 29.0 Å². The number of aliphatic hydroxyl groups excluding tert-OH is 1. The number of hydrogen-bond donors (Lipinski definition) is 3. The van der Waals surface area contributed by atoms with Gasteiger partial charge in [-0.25, -0.2) is 0 Å². The van der Waals surface area contributed by atoms with Crippen LogP contribution in [0.5, 0.6) is 0 Å². The molecule has 3 saturated carbocycles. The molecule has 5 heteroatoms. The van der Waals surface area contributed by atoms with E-state index in [1.807, 2.05) is 13.0 Å². The number of carbonyl (C=O) groups is 2. The number of ketones is 2. The summed E-state index contributed by atoms with van der Waals surface area (Å²) >= 11 is 0. The van der Waals surface area contributed by atoms with Gasteiger partial charge in [0.15, 0.2) is 11.6 Å². The third-order valence-corrected chi connectivity index (χ3v) is 8.90. The lowest BCUT2D eigenvalue weighted by Gasteiger charge is -2.62. The van der Waals surface area contributed by atoms with E-state index in [0.717, 1.165) is 25.7 Å². The second kappa shape index (κ2) is 5.49. The summed E-state index contributed by atoms with van der Waals surface area (Å²) in [6.45, 7) is 3.37. The standard InChI is InChI=1S/C21H30O5/c1-18-7-5-14(23)11-13(18)3-4-16-15(18)6-8-19(2)20(16,25)9-10-21(19,26)17(24)12-22/h11,15-16,22,25-26H,3-10,12H2,1-2H3/t15-,16+,18-,19+,20-,21-/m1/s1. The van der Waals surface area contributed by atoms with E-state index in [9.17, 15) is 24.9 Å². The molecule has 0 amide bonds. The zero-order valence-electron chi connectivity index (χ0n) is 15.8. The molecule has 0 aliphatic heterocycles. The molecule has 0 aromatic carbocycles. The summed E-state index contributed by atoms with van der Waals surface area (Å²) in [6.07, 6.45) is 6.79. The number of fused-ring (bicyclic) bond motifs is 5. The van der Waals surface area contributed by atoms with Gasteiger partial charge in [-0.05, 0) is 68.3 Å². The van der Waals surface area contributed by atoms with Crippen molar-refractivity contribution < 1.29 is 24.9 Å². The van der Waals surface area contributed by atoms with Crippen molar-refractivity contribution >= 4 is 11.6 Å². The van der Waals surface area contributed by atoms with E-state index in [1.54, 1.807) is 0 Å². The Morgan fingerprint density at radius 1 is 1.08 bits per heavy atom. The Labute approximate surface area is 154 Å². The largest absolute Gasteiger partial charge is 0.389 e. The van der Waals surface area contributed by atoms with Crippen LogP contribution in [0.1, 0.15) is 65.2 Å². The van der Waals surface area contributed by atoms with Crippen molar-refractivity contribution in [2.75, 3.05) is 6.61 Å². The first kappa shape index (κ1) is 18.3. The van der Waals surface area contributed by atoms with Crippen LogP contribution in [0.25, 0.3) is 0 Å². The summed E-state index contributed by atoms with van der Waals surface area (Å²) in [5.74, 6) is -0.0864. The molecule has 4 aliphatic rings. The number of rotatable bonds is 2. The van der Waals surface area contributed by atoms with Crippen molar-refractivity contribution in [3.63, 3.8) is 0 Å². The Morgan fingerprint density at radius 2 is 1.81 bits per heavy atom. The molecule has 144 valence electrons. The predicted molar refractivity (Wildman–Crippen MR) is 95.2 cm³/mol. The maximum Gasteiger partial charge on any atom is 0.190 e. The summed E-state index contributed by atoms with van der Waals surface area (Å²) in [7, 11) is 0. The maximum absolute atomic E-state index is 12.4. The second-order valence-electron chi connectivity index (χ2n) is 9.54. The minimum atomic E-state index is -1.65. The Bertz CT molecular complexity index is 699. The van der Waals surface area contributed by atoms with E-state index >= 15 is 0 Å². The van der Waals surface area contributed by atoms with Gasteiger partial charge in [0.1, 0.15) is 12.2 Å². The summed E-state index contributed by atoms with van der Waals surface area (Å²) in [4.78, 5) is 24.3. The average molecular weight is 362 g/mol. The Kier molecular flexibility index (Phi) is 3.87. The van der Waals surface area contributed by atoms with Gasteiger partial charge in [0, 0.05) is 11.8 Å². The summed E-state index contributed by atoms with van der Waals surface area (Å²) in [5.41, 5.74) is -2.53. The van der Waals surface area contributed by atoms with E-state index in [-0.39, 0.29) is 29.5 Å². The minimum absolute atomic E-state index is 0.0112. The molecule has 0 aromatic heterocycles. The first-order valence-corrected chi connectivity index (χ1v) is 9.95. The molecule has 0 bridgehead atoms. The van der Waals surface area contributed by atoms with Gasteiger partial charge in [-0.3, -0.25) is 9.59 Å². The molecule has 5 nitrogen and oxygen atoms in total. The highest BCUT2D eigenvalue weighted by molar-refractivity contribution is 5.92. The molecular formula is C21H30O5. The van der Waals surface area contributed by atoms with Gasteiger partial charge in [0.05, 0.1) is 5.60 Å². The van der Waals surface area contributed by atoms with Crippen molar-refractivity contribution in [1.82, 2.24) is 0 Å². The van der Waals surface area contributed by atoms with Gasteiger partial charge in [-0.1, -0.05) is 19.4 Å². The van der Waals surface area contributed by atoms with Crippen molar-refractivity contribution in [3.8, 4) is 0 Å². The molecule has 0 unspecified atom stereocenters. The fraction of sp³-hybridized carbons (Fsp3) is 0.810. The van der Waals surface area contributed by atoms with Crippen LogP contribution in [-0.4, -0.2) is 44.7 Å². The van der Waals surface area contributed by atoms with Gasteiger partial charge < -0.3 is 15.3 Å². The van der Waals surface area contributed by atoms with Crippen molar-refractivity contribution in [3.05, 3.63) is 11.6 Å². The molecule has 0 saturated heterocycles. The third kappa shape index (κ3) is 1.97. The van der Waals surface area contributed by atoms with Crippen LogP contribution in [0.2, 0.25) is 0 Å². The van der Waals surface area contributed by atoms with Crippen LogP contribution in [0, 0.1) is 22.7 Å².